The third-order valence-electron chi connectivity index (χ3n) is 3.07. The van der Waals surface area contributed by atoms with E-state index in [4.69, 9.17) is 10.00 Å². The molecule has 0 bridgehead atoms. The van der Waals surface area contributed by atoms with Crippen molar-refractivity contribution in [2.45, 2.75) is 38.8 Å². The van der Waals surface area contributed by atoms with Gasteiger partial charge in [-0.15, -0.1) is 0 Å². The average Bonchev–Trinajstić information content (AvgIpc) is 2.56. The van der Waals surface area contributed by atoms with Gasteiger partial charge in [0.05, 0.1) is 6.07 Å². The molecule has 1 aromatic rings. The van der Waals surface area contributed by atoms with Gasteiger partial charge in [-0.05, 0) is 26.3 Å². The van der Waals surface area contributed by atoms with Crippen molar-refractivity contribution in [3.63, 3.8) is 0 Å². The second-order valence-electron chi connectivity index (χ2n) is 6.54. The molecule has 0 aliphatic carbocycles. The fourth-order valence-electron chi connectivity index (χ4n) is 2.02. The van der Waals surface area contributed by atoms with Gasteiger partial charge in [-0.25, -0.2) is 4.79 Å². The van der Waals surface area contributed by atoms with Crippen LogP contribution in [0.4, 0.5) is 4.79 Å². The van der Waals surface area contributed by atoms with Crippen molar-refractivity contribution in [3.05, 3.63) is 35.9 Å². The number of nitrogens with zero attached hydrogens (tertiary/aromatic N) is 1. The Kier molecular flexibility index (Phi) is 8.09. The molecule has 0 spiro atoms. The van der Waals surface area contributed by atoms with Crippen LogP contribution in [0.15, 0.2) is 30.3 Å². The number of hydrogen-bond acceptors (Lipinski definition) is 5. The number of nitrogens with one attached hydrogen (secondary N) is 3. The summed E-state index contributed by atoms with van der Waals surface area (Å²) in [5.41, 5.74) is 0.179. The summed E-state index contributed by atoms with van der Waals surface area (Å²) >= 11 is 0. The van der Waals surface area contributed by atoms with Crippen LogP contribution in [0.1, 0.15) is 26.3 Å². The third-order valence-corrected chi connectivity index (χ3v) is 3.07. The van der Waals surface area contributed by atoms with Crippen LogP contribution < -0.4 is 16.0 Å². The zero-order valence-electron chi connectivity index (χ0n) is 15.2. The van der Waals surface area contributed by atoms with Crippen LogP contribution in [0.25, 0.3) is 0 Å². The lowest BCUT2D eigenvalue weighted by Crippen LogP contribution is -2.50. The summed E-state index contributed by atoms with van der Waals surface area (Å²) in [6.45, 7) is 4.65. The van der Waals surface area contributed by atoms with Crippen molar-refractivity contribution in [2.24, 2.45) is 0 Å². The molecular weight excluding hydrogens is 336 g/mol. The number of alkyl carbamates (subject to hydrolysis) is 1. The van der Waals surface area contributed by atoms with Gasteiger partial charge in [0.2, 0.25) is 11.8 Å². The summed E-state index contributed by atoms with van der Waals surface area (Å²) < 4.78 is 5.04. The number of benzene rings is 1. The van der Waals surface area contributed by atoms with E-state index in [0.717, 1.165) is 5.56 Å². The van der Waals surface area contributed by atoms with Gasteiger partial charge in [-0.3, -0.25) is 9.59 Å². The SMILES string of the molecule is CC(C)(C)OC(=O)NCC(=O)N[C@@H](Cc1ccccc1)C(=O)NCC#N. The van der Waals surface area contributed by atoms with E-state index < -0.39 is 29.6 Å². The van der Waals surface area contributed by atoms with Crippen molar-refractivity contribution in [1.29, 1.82) is 5.26 Å². The van der Waals surface area contributed by atoms with Crippen molar-refractivity contribution in [1.82, 2.24) is 16.0 Å². The number of carbonyl (C=O) groups is 3. The van der Waals surface area contributed by atoms with Crippen LogP contribution in [0.5, 0.6) is 0 Å². The predicted octanol–water partition coefficient (Wildman–Crippen LogP) is 0.878. The summed E-state index contributed by atoms with van der Waals surface area (Å²) in [4.78, 5) is 35.8. The number of carbonyl (C=O) groups excluding carboxylic acids is 3. The molecule has 8 heteroatoms. The van der Waals surface area contributed by atoms with Gasteiger partial charge in [0.1, 0.15) is 24.7 Å². The first-order valence-corrected chi connectivity index (χ1v) is 8.16. The second kappa shape index (κ2) is 10.0. The monoisotopic (exact) mass is 360 g/mol. The molecule has 8 nitrogen and oxygen atoms in total. The molecule has 0 unspecified atom stereocenters. The number of nitriles is 1. The number of ether oxygens (including phenoxy) is 1. The van der Waals surface area contributed by atoms with Crippen LogP contribution in [0.3, 0.4) is 0 Å². The summed E-state index contributed by atoms with van der Waals surface area (Å²) in [5.74, 6) is -1.01. The highest BCUT2D eigenvalue weighted by Gasteiger charge is 2.22. The lowest BCUT2D eigenvalue weighted by molar-refractivity contribution is -0.128. The van der Waals surface area contributed by atoms with Gasteiger partial charge in [-0.1, -0.05) is 30.3 Å². The first-order valence-electron chi connectivity index (χ1n) is 8.16. The molecule has 0 saturated heterocycles. The topological polar surface area (TPSA) is 120 Å². The van der Waals surface area contributed by atoms with Crippen molar-refractivity contribution in [2.75, 3.05) is 13.1 Å². The van der Waals surface area contributed by atoms with Crippen molar-refractivity contribution < 1.29 is 19.1 Å². The minimum Gasteiger partial charge on any atom is -0.444 e. The summed E-state index contributed by atoms with van der Waals surface area (Å²) in [6.07, 6.45) is -0.461. The molecule has 26 heavy (non-hydrogen) atoms. The maximum atomic E-state index is 12.2. The molecule has 1 aromatic carbocycles. The Morgan fingerprint density at radius 2 is 1.81 bits per heavy atom. The Morgan fingerprint density at radius 3 is 2.38 bits per heavy atom. The maximum Gasteiger partial charge on any atom is 0.408 e. The highest BCUT2D eigenvalue weighted by molar-refractivity contribution is 5.89. The van der Waals surface area contributed by atoms with Gasteiger partial charge in [0.15, 0.2) is 0 Å². The fraction of sp³-hybridized carbons (Fsp3) is 0.444. The molecule has 3 N–H and O–H groups in total. The highest BCUT2D eigenvalue weighted by atomic mass is 16.6. The molecule has 1 atom stereocenters. The summed E-state index contributed by atoms with van der Waals surface area (Å²) in [7, 11) is 0. The molecule has 1 rings (SSSR count). The van der Waals surface area contributed by atoms with Crippen LogP contribution >= 0.6 is 0 Å². The van der Waals surface area contributed by atoms with Crippen LogP contribution in [0, 0.1) is 11.3 Å². The Hall–Kier alpha value is -3.08. The lowest BCUT2D eigenvalue weighted by Gasteiger charge is -2.20. The van der Waals surface area contributed by atoms with Gasteiger partial charge < -0.3 is 20.7 Å². The van der Waals surface area contributed by atoms with Gasteiger partial charge in [0.25, 0.3) is 0 Å². The summed E-state index contributed by atoms with van der Waals surface area (Å²) in [6, 6.07) is 10.1. The quantitative estimate of drug-likeness (QED) is 0.623. The first-order chi connectivity index (χ1) is 12.2. The maximum absolute atomic E-state index is 12.2. The molecule has 0 radical (unpaired) electrons. The van der Waals surface area contributed by atoms with E-state index in [0.29, 0.717) is 0 Å². The molecule has 140 valence electrons. The van der Waals surface area contributed by atoms with Gasteiger partial charge in [0, 0.05) is 6.42 Å². The molecule has 3 amide bonds. The minimum atomic E-state index is -0.862. The Labute approximate surface area is 152 Å². The second-order valence-corrected chi connectivity index (χ2v) is 6.54. The highest BCUT2D eigenvalue weighted by Crippen LogP contribution is 2.06. The number of amides is 3. The van der Waals surface area contributed by atoms with Crippen molar-refractivity contribution >= 4 is 17.9 Å². The Bertz CT molecular complexity index is 662. The van der Waals surface area contributed by atoms with E-state index >= 15 is 0 Å². The number of rotatable bonds is 7. The standard InChI is InChI=1S/C18H24N4O4/c1-18(2,3)26-17(25)21-12-15(23)22-14(16(24)20-10-9-19)11-13-7-5-4-6-8-13/h4-8,14H,10-12H2,1-3H3,(H,20,24)(H,21,25)(H,22,23)/t14-/m0/s1. The van der Waals surface area contributed by atoms with E-state index in [1.54, 1.807) is 20.8 Å². The lowest BCUT2D eigenvalue weighted by atomic mass is 10.1. The zero-order valence-corrected chi connectivity index (χ0v) is 15.2. The minimum absolute atomic E-state index is 0.157. The van der Waals surface area contributed by atoms with E-state index in [-0.39, 0.29) is 19.5 Å². The smallest absolute Gasteiger partial charge is 0.408 e. The molecule has 0 aliphatic rings. The van der Waals surface area contributed by atoms with E-state index in [9.17, 15) is 14.4 Å². The van der Waals surface area contributed by atoms with Gasteiger partial charge >= 0.3 is 6.09 Å². The van der Waals surface area contributed by atoms with Crippen molar-refractivity contribution in [3.8, 4) is 6.07 Å². The predicted molar refractivity (Wildman–Crippen MR) is 94.9 cm³/mol. The zero-order chi connectivity index (χ0) is 19.6. The van der Waals surface area contributed by atoms with Crippen LogP contribution in [-0.2, 0) is 20.7 Å². The van der Waals surface area contributed by atoms with E-state index in [1.807, 2.05) is 36.4 Å². The molecule has 0 aromatic heterocycles. The molecular formula is C18H24N4O4. The molecule has 0 fully saturated rings. The normalized spacial score (nSPS) is 11.6. The molecule has 0 saturated carbocycles. The van der Waals surface area contributed by atoms with Crippen LogP contribution in [0.2, 0.25) is 0 Å². The molecule has 0 aliphatic heterocycles. The van der Waals surface area contributed by atoms with Gasteiger partial charge in [-0.2, -0.15) is 5.26 Å². The average molecular weight is 360 g/mol. The molecule has 0 heterocycles. The van der Waals surface area contributed by atoms with E-state index in [1.165, 1.54) is 0 Å². The summed E-state index contributed by atoms with van der Waals surface area (Å²) in [5, 5.41) is 15.9. The third kappa shape index (κ3) is 8.68. The van der Waals surface area contributed by atoms with Crippen LogP contribution in [-0.4, -0.2) is 42.6 Å². The first kappa shape index (κ1) is 21.0. The van der Waals surface area contributed by atoms with E-state index in [2.05, 4.69) is 16.0 Å². The number of hydrogen-bond donors (Lipinski definition) is 3. The fourth-order valence-corrected chi connectivity index (χ4v) is 2.02. The Morgan fingerprint density at radius 1 is 1.15 bits per heavy atom. The largest absolute Gasteiger partial charge is 0.444 e. The Balaban J connectivity index is 2.63.